The van der Waals surface area contributed by atoms with E-state index in [4.69, 9.17) is 4.74 Å². The van der Waals surface area contributed by atoms with Crippen LogP contribution in [0.2, 0.25) is 0 Å². The summed E-state index contributed by atoms with van der Waals surface area (Å²) in [5, 5.41) is 12.8. The highest BCUT2D eigenvalue weighted by Crippen LogP contribution is 2.18. The zero-order valence-electron chi connectivity index (χ0n) is 12.2. The second kappa shape index (κ2) is 6.95. The van der Waals surface area contributed by atoms with Crippen LogP contribution >= 0.6 is 0 Å². The molecule has 1 atom stereocenters. The molecule has 21 heavy (non-hydrogen) atoms. The molecule has 5 nitrogen and oxygen atoms in total. The van der Waals surface area contributed by atoms with Crippen molar-refractivity contribution in [1.29, 1.82) is 0 Å². The quantitative estimate of drug-likeness (QED) is 0.853. The molecule has 0 radical (unpaired) electrons. The Morgan fingerprint density at radius 2 is 2.10 bits per heavy atom. The number of para-hydroxylation sites is 1. The lowest BCUT2D eigenvalue weighted by molar-refractivity contribution is 0.0908. The number of benzene rings is 1. The molecule has 0 bridgehead atoms. The monoisotopic (exact) mass is 288 g/mol. The fraction of sp³-hybridized carbons (Fsp3) is 0.312. The Bertz CT molecular complexity index is 607. The summed E-state index contributed by atoms with van der Waals surface area (Å²) in [6.45, 7) is 2.52. The van der Waals surface area contributed by atoms with Gasteiger partial charge in [-0.05, 0) is 31.2 Å². The molecule has 1 amide bonds. The number of aliphatic hydroxyl groups is 1. The van der Waals surface area contributed by atoms with Gasteiger partial charge in [0, 0.05) is 25.5 Å². The number of nitrogens with zero attached hydrogens (tertiary/aromatic N) is 1. The normalized spacial score (nSPS) is 12.0. The van der Waals surface area contributed by atoms with Gasteiger partial charge < -0.3 is 19.7 Å². The van der Waals surface area contributed by atoms with Gasteiger partial charge in [-0.25, -0.2) is 0 Å². The smallest absolute Gasteiger partial charge is 0.255 e. The molecule has 0 aliphatic heterocycles. The third-order valence-electron chi connectivity index (χ3n) is 3.21. The highest BCUT2D eigenvalue weighted by Gasteiger charge is 2.15. The lowest BCUT2D eigenvalue weighted by Gasteiger charge is -2.14. The number of hydrogen-bond donors (Lipinski definition) is 2. The van der Waals surface area contributed by atoms with Gasteiger partial charge in [-0.3, -0.25) is 4.79 Å². The highest BCUT2D eigenvalue weighted by molar-refractivity contribution is 5.96. The van der Waals surface area contributed by atoms with E-state index in [1.54, 1.807) is 18.2 Å². The van der Waals surface area contributed by atoms with Gasteiger partial charge in [-0.2, -0.15) is 0 Å². The number of aryl methyl sites for hydroxylation is 1. The molecule has 112 valence electrons. The van der Waals surface area contributed by atoms with Crippen molar-refractivity contribution in [2.75, 3.05) is 13.2 Å². The first-order valence-corrected chi connectivity index (χ1v) is 6.92. The maximum atomic E-state index is 12.2. The summed E-state index contributed by atoms with van der Waals surface area (Å²) in [6, 6.07) is 10.7. The molecule has 5 heteroatoms. The lowest BCUT2D eigenvalue weighted by Crippen LogP contribution is -2.29. The van der Waals surface area contributed by atoms with E-state index in [0.717, 1.165) is 5.69 Å². The van der Waals surface area contributed by atoms with Gasteiger partial charge >= 0.3 is 0 Å². The average molecular weight is 288 g/mol. The molecule has 0 fully saturated rings. The molecule has 2 aromatic rings. The van der Waals surface area contributed by atoms with Crippen LogP contribution in [0.5, 0.6) is 5.75 Å². The van der Waals surface area contributed by atoms with Crippen molar-refractivity contribution < 1.29 is 14.6 Å². The van der Waals surface area contributed by atoms with Gasteiger partial charge in [0.2, 0.25) is 0 Å². The Morgan fingerprint density at radius 3 is 2.76 bits per heavy atom. The summed E-state index contributed by atoms with van der Waals surface area (Å²) in [5.74, 6) is 0.290. The van der Waals surface area contributed by atoms with E-state index in [1.807, 2.05) is 42.9 Å². The Kier molecular flexibility index (Phi) is 5.00. The van der Waals surface area contributed by atoms with Gasteiger partial charge in [-0.15, -0.1) is 0 Å². The molecular weight excluding hydrogens is 268 g/mol. The summed E-state index contributed by atoms with van der Waals surface area (Å²) in [4.78, 5) is 12.2. The predicted molar refractivity (Wildman–Crippen MR) is 80.3 cm³/mol. The van der Waals surface area contributed by atoms with Gasteiger partial charge in [0.05, 0.1) is 12.2 Å². The molecule has 0 saturated carbocycles. The summed E-state index contributed by atoms with van der Waals surface area (Å²) in [7, 11) is 1.85. The molecule has 1 aromatic carbocycles. The minimum atomic E-state index is -0.742. The number of rotatable bonds is 6. The SMILES string of the molecule is CCOc1ccccc1C(=O)NC[C@@H](O)c1cccn1C. The van der Waals surface area contributed by atoms with Crippen LogP contribution in [-0.4, -0.2) is 28.7 Å². The number of ether oxygens (including phenoxy) is 1. The second-order valence-corrected chi connectivity index (χ2v) is 4.70. The van der Waals surface area contributed by atoms with Crippen LogP contribution in [0.15, 0.2) is 42.6 Å². The van der Waals surface area contributed by atoms with E-state index >= 15 is 0 Å². The third-order valence-corrected chi connectivity index (χ3v) is 3.21. The Morgan fingerprint density at radius 1 is 1.33 bits per heavy atom. The van der Waals surface area contributed by atoms with Crippen LogP contribution in [-0.2, 0) is 7.05 Å². The van der Waals surface area contributed by atoms with E-state index in [1.165, 1.54) is 0 Å². The molecule has 0 unspecified atom stereocenters. The van der Waals surface area contributed by atoms with Crippen molar-refractivity contribution in [2.24, 2.45) is 7.05 Å². The molecule has 2 N–H and O–H groups in total. The first-order valence-electron chi connectivity index (χ1n) is 6.92. The van der Waals surface area contributed by atoms with E-state index in [2.05, 4.69) is 5.32 Å². The number of aromatic nitrogens is 1. The summed E-state index contributed by atoms with van der Waals surface area (Å²) in [5.41, 5.74) is 1.23. The number of amides is 1. The number of carbonyl (C=O) groups is 1. The molecular formula is C16H20N2O3. The van der Waals surface area contributed by atoms with Gasteiger partial charge in [0.25, 0.3) is 5.91 Å². The summed E-state index contributed by atoms with van der Waals surface area (Å²) in [6.07, 6.45) is 1.11. The van der Waals surface area contributed by atoms with Crippen LogP contribution in [0.3, 0.4) is 0 Å². The summed E-state index contributed by atoms with van der Waals surface area (Å²) >= 11 is 0. The third kappa shape index (κ3) is 3.64. The highest BCUT2D eigenvalue weighted by atomic mass is 16.5. The number of nitrogens with one attached hydrogen (secondary N) is 1. The van der Waals surface area contributed by atoms with Crippen molar-refractivity contribution in [2.45, 2.75) is 13.0 Å². The van der Waals surface area contributed by atoms with Gasteiger partial charge in [0.1, 0.15) is 11.9 Å². The molecule has 0 saturated heterocycles. The average Bonchev–Trinajstić information content (AvgIpc) is 2.91. The molecule has 0 aliphatic carbocycles. The van der Waals surface area contributed by atoms with Crippen LogP contribution < -0.4 is 10.1 Å². The van der Waals surface area contributed by atoms with E-state index in [-0.39, 0.29) is 12.5 Å². The van der Waals surface area contributed by atoms with Crippen LogP contribution in [0.4, 0.5) is 0 Å². The van der Waals surface area contributed by atoms with Crippen LogP contribution in [0, 0.1) is 0 Å². The summed E-state index contributed by atoms with van der Waals surface area (Å²) < 4.78 is 7.25. The number of hydrogen-bond acceptors (Lipinski definition) is 3. The van der Waals surface area contributed by atoms with Gasteiger partial charge in [0.15, 0.2) is 0 Å². The van der Waals surface area contributed by atoms with Crippen LogP contribution in [0.25, 0.3) is 0 Å². The first kappa shape index (κ1) is 15.1. The first-order chi connectivity index (χ1) is 10.1. The van der Waals surface area contributed by atoms with Crippen molar-refractivity contribution in [3.8, 4) is 5.75 Å². The second-order valence-electron chi connectivity index (χ2n) is 4.70. The van der Waals surface area contributed by atoms with E-state index < -0.39 is 6.10 Å². The van der Waals surface area contributed by atoms with Crippen molar-refractivity contribution in [3.05, 3.63) is 53.9 Å². The number of aliphatic hydroxyl groups excluding tert-OH is 1. The van der Waals surface area contributed by atoms with Crippen LogP contribution in [0.1, 0.15) is 29.1 Å². The maximum absolute atomic E-state index is 12.2. The molecule has 0 spiro atoms. The van der Waals surface area contributed by atoms with Gasteiger partial charge in [-0.1, -0.05) is 12.1 Å². The van der Waals surface area contributed by atoms with Crippen molar-refractivity contribution >= 4 is 5.91 Å². The minimum Gasteiger partial charge on any atom is -0.493 e. The minimum absolute atomic E-state index is 0.150. The Balaban J connectivity index is 2.00. The molecule has 0 aliphatic rings. The number of carbonyl (C=O) groups excluding carboxylic acids is 1. The lowest BCUT2D eigenvalue weighted by atomic mass is 10.1. The topological polar surface area (TPSA) is 63.5 Å². The fourth-order valence-electron chi connectivity index (χ4n) is 2.15. The maximum Gasteiger partial charge on any atom is 0.255 e. The van der Waals surface area contributed by atoms with E-state index in [0.29, 0.717) is 17.9 Å². The fourth-order valence-corrected chi connectivity index (χ4v) is 2.15. The van der Waals surface area contributed by atoms with Crippen molar-refractivity contribution in [1.82, 2.24) is 9.88 Å². The molecule has 1 aromatic heterocycles. The zero-order chi connectivity index (χ0) is 15.2. The van der Waals surface area contributed by atoms with Crippen molar-refractivity contribution in [3.63, 3.8) is 0 Å². The Hall–Kier alpha value is -2.27. The standard InChI is InChI=1S/C16H20N2O3/c1-3-21-15-9-5-4-7-12(15)16(20)17-11-14(19)13-8-6-10-18(13)2/h4-10,14,19H,3,11H2,1-2H3,(H,17,20)/t14-/m1/s1. The van der Waals surface area contributed by atoms with E-state index in [9.17, 15) is 9.90 Å². The predicted octanol–water partition coefficient (Wildman–Crippen LogP) is 1.89. The molecule has 2 rings (SSSR count). The molecule has 1 heterocycles. The zero-order valence-corrected chi connectivity index (χ0v) is 12.2. The Labute approximate surface area is 124 Å². The largest absolute Gasteiger partial charge is 0.493 e.